The van der Waals surface area contributed by atoms with Gasteiger partial charge in [0.25, 0.3) is 0 Å². The molecule has 2 aliphatic carbocycles. The van der Waals surface area contributed by atoms with E-state index in [2.05, 4.69) is 26.0 Å². The Balaban J connectivity index is 1.22. The number of benzene rings is 1. The molecule has 4 heteroatoms. The first kappa shape index (κ1) is 19.1. The molecule has 0 aliphatic heterocycles. The highest BCUT2D eigenvalue weighted by atomic mass is 16.5. The number of carboxylic acid groups (broad SMARTS) is 1. The largest absolute Gasteiger partial charge is 0.486 e. The summed E-state index contributed by atoms with van der Waals surface area (Å²) >= 11 is 0. The Morgan fingerprint density at radius 3 is 2.61 bits per heavy atom. The van der Waals surface area contributed by atoms with Crippen LogP contribution in [0.1, 0.15) is 67.8 Å². The lowest BCUT2D eigenvalue weighted by Gasteiger charge is -2.45. The third-order valence-corrected chi connectivity index (χ3v) is 7.15. The quantitative estimate of drug-likeness (QED) is 0.582. The molecule has 1 heterocycles. The maximum absolute atomic E-state index is 10.8. The van der Waals surface area contributed by atoms with Crippen molar-refractivity contribution in [3.8, 4) is 5.75 Å². The second-order valence-corrected chi connectivity index (χ2v) is 8.72. The molecular formula is C24H30O4. The second-order valence-electron chi connectivity index (χ2n) is 8.72. The Morgan fingerprint density at radius 2 is 1.96 bits per heavy atom. The summed E-state index contributed by atoms with van der Waals surface area (Å²) in [5.74, 6) is 2.99. The molecule has 28 heavy (non-hydrogen) atoms. The van der Waals surface area contributed by atoms with Gasteiger partial charge in [0.1, 0.15) is 18.1 Å². The van der Waals surface area contributed by atoms with Gasteiger partial charge >= 0.3 is 5.97 Å². The van der Waals surface area contributed by atoms with E-state index in [1.54, 1.807) is 6.07 Å². The van der Waals surface area contributed by atoms with E-state index in [0.717, 1.165) is 29.9 Å². The zero-order valence-electron chi connectivity index (χ0n) is 16.8. The second kappa shape index (κ2) is 7.65. The maximum Gasteiger partial charge on any atom is 0.371 e. The number of hydrogen-bond acceptors (Lipinski definition) is 3. The SMILES string of the molecule is CCCC1CC2(CC2CCc2ccc(OCc3ccc(C(=O)O)o3)cc2)C1C. The van der Waals surface area contributed by atoms with Crippen molar-refractivity contribution in [1.82, 2.24) is 0 Å². The minimum Gasteiger partial charge on any atom is -0.486 e. The van der Waals surface area contributed by atoms with E-state index >= 15 is 0 Å². The third kappa shape index (κ3) is 3.69. The van der Waals surface area contributed by atoms with Crippen molar-refractivity contribution in [2.75, 3.05) is 0 Å². The van der Waals surface area contributed by atoms with Gasteiger partial charge in [-0.05, 0) is 78.7 Å². The number of carbonyl (C=O) groups is 1. The lowest BCUT2D eigenvalue weighted by molar-refractivity contribution is 0.0401. The van der Waals surface area contributed by atoms with E-state index in [1.165, 1.54) is 43.7 Å². The fraction of sp³-hybridized carbons (Fsp3) is 0.542. The van der Waals surface area contributed by atoms with Crippen molar-refractivity contribution < 1.29 is 19.1 Å². The van der Waals surface area contributed by atoms with E-state index in [4.69, 9.17) is 14.3 Å². The van der Waals surface area contributed by atoms with Gasteiger partial charge in [-0.15, -0.1) is 0 Å². The molecule has 150 valence electrons. The highest BCUT2D eigenvalue weighted by molar-refractivity contribution is 5.84. The number of hydrogen-bond donors (Lipinski definition) is 1. The lowest BCUT2D eigenvalue weighted by atomic mass is 9.60. The predicted molar refractivity (Wildman–Crippen MR) is 107 cm³/mol. The van der Waals surface area contributed by atoms with Crippen molar-refractivity contribution in [3.05, 3.63) is 53.5 Å². The number of ether oxygens (including phenoxy) is 1. The Kier molecular flexibility index (Phi) is 5.22. The molecule has 4 atom stereocenters. The summed E-state index contributed by atoms with van der Waals surface area (Å²) in [6.07, 6.45) is 8.08. The van der Waals surface area contributed by atoms with Crippen molar-refractivity contribution in [2.24, 2.45) is 23.2 Å². The Bertz CT molecular complexity index is 821. The molecule has 1 aromatic carbocycles. The lowest BCUT2D eigenvalue weighted by Crippen LogP contribution is -2.37. The first-order valence-corrected chi connectivity index (χ1v) is 10.6. The van der Waals surface area contributed by atoms with Gasteiger partial charge in [-0.1, -0.05) is 38.8 Å². The van der Waals surface area contributed by atoms with Gasteiger partial charge in [-0.25, -0.2) is 4.79 Å². The summed E-state index contributed by atoms with van der Waals surface area (Å²) in [5.41, 5.74) is 2.05. The zero-order valence-corrected chi connectivity index (χ0v) is 16.8. The molecule has 0 saturated heterocycles. The van der Waals surface area contributed by atoms with Crippen LogP contribution in [-0.4, -0.2) is 11.1 Å². The highest BCUT2D eigenvalue weighted by Gasteiger charge is 2.64. The Hall–Kier alpha value is -2.23. The normalized spacial score (nSPS) is 28.1. The molecule has 0 bridgehead atoms. The van der Waals surface area contributed by atoms with E-state index in [9.17, 15) is 4.79 Å². The molecule has 4 unspecified atom stereocenters. The number of rotatable bonds is 9. The van der Waals surface area contributed by atoms with Crippen molar-refractivity contribution in [1.29, 1.82) is 0 Å². The molecular weight excluding hydrogens is 352 g/mol. The average Bonchev–Trinajstić information content (AvgIpc) is 3.23. The van der Waals surface area contributed by atoms with Crippen molar-refractivity contribution in [3.63, 3.8) is 0 Å². The molecule has 2 aliphatic rings. The van der Waals surface area contributed by atoms with E-state index in [0.29, 0.717) is 11.2 Å². The molecule has 2 aromatic rings. The summed E-state index contributed by atoms with van der Waals surface area (Å²) in [5, 5.41) is 8.88. The van der Waals surface area contributed by atoms with Crippen molar-refractivity contribution >= 4 is 5.97 Å². The van der Waals surface area contributed by atoms with Crippen LogP contribution in [0, 0.1) is 23.2 Å². The van der Waals surface area contributed by atoms with Crippen LogP contribution in [0.15, 0.2) is 40.8 Å². The van der Waals surface area contributed by atoms with Crippen LogP contribution in [0.5, 0.6) is 5.75 Å². The van der Waals surface area contributed by atoms with Crippen LogP contribution in [0.4, 0.5) is 0 Å². The Morgan fingerprint density at radius 1 is 1.18 bits per heavy atom. The summed E-state index contributed by atoms with van der Waals surface area (Å²) in [6, 6.07) is 11.3. The van der Waals surface area contributed by atoms with E-state index < -0.39 is 5.97 Å². The molecule has 1 aromatic heterocycles. The van der Waals surface area contributed by atoms with Gasteiger partial charge in [0.2, 0.25) is 5.76 Å². The molecule has 1 N–H and O–H groups in total. The van der Waals surface area contributed by atoms with Gasteiger partial charge < -0.3 is 14.3 Å². The highest BCUT2D eigenvalue weighted by Crippen LogP contribution is 2.72. The van der Waals surface area contributed by atoms with Crippen LogP contribution in [0.2, 0.25) is 0 Å². The third-order valence-electron chi connectivity index (χ3n) is 7.15. The number of aromatic carboxylic acids is 1. The predicted octanol–water partition coefficient (Wildman–Crippen LogP) is 5.95. The fourth-order valence-corrected chi connectivity index (χ4v) is 5.30. The number of furan rings is 1. The van der Waals surface area contributed by atoms with Crippen molar-refractivity contribution in [2.45, 2.75) is 59.0 Å². The van der Waals surface area contributed by atoms with Crippen LogP contribution in [0.3, 0.4) is 0 Å². The standard InChI is InChI=1S/C24H30O4/c1-3-4-18-13-24(16(18)2)14-19(24)8-5-17-6-9-20(10-7-17)27-15-21-11-12-22(28-21)23(25)26/h6-7,9-12,16,18-19H,3-5,8,13-15H2,1-2H3,(H,25,26). The number of aryl methyl sites for hydroxylation is 1. The van der Waals surface area contributed by atoms with E-state index in [1.807, 2.05) is 12.1 Å². The van der Waals surface area contributed by atoms with Gasteiger partial charge in [-0.3, -0.25) is 0 Å². The first-order chi connectivity index (χ1) is 13.5. The zero-order chi connectivity index (χ0) is 19.7. The minimum atomic E-state index is -1.06. The summed E-state index contributed by atoms with van der Waals surface area (Å²) < 4.78 is 10.9. The fourth-order valence-electron chi connectivity index (χ4n) is 5.30. The minimum absolute atomic E-state index is 0.0615. The monoisotopic (exact) mass is 382 g/mol. The van der Waals surface area contributed by atoms with Crippen LogP contribution in [0.25, 0.3) is 0 Å². The molecule has 1 spiro atoms. The summed E-state index contributed by atoms with van der Waals surface area (Å²) in [7, 11) is 0. The van der Waals surface area contributed by atoms with Crippen LogP contribution >= 0.6 is 0 Å². The average molecular weight is 383 g/mol. The Labute approximate surface area is 166 Å². The molecule has 2 saturated carbocycles. The molecule has 0 radical (unpaired) electrons. The molecule has 2 fully saturated rings. The molecule has 4 rings (SSSR count). The van der Waals surface area contributed by atoms with Gasteiger partial charge in [0.15, 0.2) is 0 Å². The first-order valence-electron chi connectivity index (χ1n) is 10.6. The van der Waals surface area contributed by atoms with Gasteiger partial charge in [0, 0.05) is 0 Å². The van der Waals surface area contributed by atoms with Gasteiger partial charge in [0.05, 0.1) is 0 Å². The molecule has 0 amide bonds. The van der Waals surface area contributed by atoms with Gasteiger partial charge in [-0.2, -0.15) is 0 Å². The topological polar surface area (TPSA) is 59.7 Å². The molecule has 4 nitrogen and oxygen atoms in total. The van der Waals surface area contributed by atoms with Crippen LogP contribution < -0.4 is 4.74 Å². The maximum atomic E-state index is 10.8. The summed E-state index contributed by atoms with van der Waals surface area (Å²) in [6.45, 7) is 5.01. The van der Waals surface area contributed by atoms with E-state index in [-0.39, 0.29) is 12.4 Å². The smallest absolute Gasteiger partial charge is 0.371 e. The summed E-state index contributed by atoms with van der Waals surface area (Å²) in [4.78, 5) is 10.8. The van der Waals surface area contributed by atoms with Crippen LogP contribution in [-0.2, 0) is 13.0 Å². The number of carboxylic acids is 1.